The van der Waals surface area contributed by atoms with Gasteiger partial charge < -0.3 is 25.7 Å². The molecule has 178 valence electrons. The number of halogens is 1. The first kappa shape index (κ1) is 24.2. The minimum Gasteiger partial charge on any atom is -0.467 e. The van der Waals surface area contributed by atoms with E-state index in [4.69, 9.17) is 4.74 Å². The smallest absolute Gasteiger partial charge is 0.328 e. The minimum atomic E-state index is -1.02. The summed E-state index contributed by atoms with van der Waals surface area (Å²) in [5.74, 6) is -2.78. The van der Waals surface area contributed by atoms with Crippen LogP contribution in [0.25, 0.3) is 10.9 Å². The molecule has 0 saturated carbocycles. The number of carbonyl (C=O) groups excluding carboxylic acids is 4. The van der Waals surface area contributed by atoms with Crippen molar-refractivity contribution in [3.63, 3.8) is 0 Å². The van der Waals surface area contributed by atoms with Gasteiger partial charge in [0.2, 0.25) is 11.8 Å². The third-order valence-corrected chi connectivity index (χ3v) is 5.67. The summed E-state index contributed by atoms with van der Waals surface area (Å²) in [6, 6.07) is 3.89. The van der Waals surface area contributed by atoms with Gasteiger partial charge in [0.1, 0.15) is 23.6 Å². The summed E-state index contributed by atoms with van der Waals surface area (Å²) in [5.41, 5.74) is 0.578. The molecule has 33 heavy (non-hydrogen) atoms. The number of rotatable bonds is 9. The van der Waals surface area contributed by atoms with Crippen LogP contribution in [-0.4, -0.2) is 54.4 Å². The first-order valence-corrected chi connectivity index (χ1v) is 10.9. The Balaban J connectivity index is 1.74. The molecular weight excluding hydrogens is 431 g/mol. The van der Waals surface area contributed by atoms with Gasteiger partial charge in [-0.25, -0.2) is 9.18 Å². The Morgan fingerprint density at radius 3 is 2.58 bits per heavy atom. The van der Waals surface area contributed by atoms with Crippen LogP contribution in [0.4, 0.5) is 4.39 Å². The number of carbonyl (C=O) groups is 4. The topological polar surface area (TPSA) is 129 Å². The molecular formula is C23H29FN4O5. The Hall–Kier alpha value is -3.43. The maximum absolute atomic E-state index is 14.0. The summed E-state index contributed by atoms with van der Waals surface area (Å²) in [7, 11) is 1.21. The highest BCUT2D eigenvalue weighted by Crippen LogP contribution is 2.20. The molecule has 1 aromatic carbocycles. The Labute approximate surface area is 190 Å². The van der Waals surface area contributed by atoms with Crippen LogP contribution in [0, 0.1) is 17.7 Å². The molecule has 9 nitrogen and oxygen atoms in total. The number of nitrogens with one attached hydrogen (secondary N) is 4. The molecule has 0 spiro atoms. The largest absolute Gasteiger partial charge is 0.467 e. The van der Waals surface area contributed by atoms with E-state index in [-0.39, 0.29) is 29.3 Å². The monoisotopic (exact) mass is 460 g/mol. The second kappa shape index (κ2) is 10.5. The third-order valence-electron chi connectivity index (χ3n) is 5.67. The first-order valence-electron chi connectivity index (χ1n) is 10.9. The zero-order valence-corrected chi connectivity index (χ0v) is 18.9. The van der Waals surface area contributed by atoms with Gasteiger partial charge in [-0.3, -0.25) is 14.4 Å². The normalized spacial score (nSPS) is 17.5. The third kappa shape index (κ3) is 5.88. The average Bonchev–Trinajstić information content (AvgIpc) is 3.39. The van der Waals surface area contributed by atoms with E-state index in [0.717, 1.165) is 0 Å². The van der Waals surface area contributed by atoms with Crippen molar-refractivity contribution in [2.75, 3.05) is 13.7 Å². The van der Waals surface area contributed by atoms with Crippen LogP contribution in [0.3, 0.4) is 0 Å². The first-order chi connectivity index (χ1) is 15.7. The van der Waals surface area contributed by atoms with Crippen molar-refractivity contribution in [1.29, 1.82) is 0 Å². The van der Waals surface area contributed by atoms with Crippen LogP contribution in [0.5, 0.6) is 0 Å². The molecule has 0 radical (unpaired) electrons. The van der Waals surface area contributed by atoms with Gasteiger partial charge >= 0.3 is 5.97 Å². The van der Waals surface area contributed by atoms with Crippen molar-refractivity contribution >= 4 is 34.6 Å². The van der Waals surface area contributed by atoms with E-state index in [0.29, 0.717) is 24.9 Å². The van der Waals surface area contributed by atoms with Gasteiger partial charge in [0.25, 0.3) is 5.91 Å². The number of aromatic amines is 1. The van der Waals surface area contributed by atoms with Crippen molar-refractivity contribution in [1.82, 2.24) is 20.9 Å². The summed E-state index contributed by atoms with van der Waals surface area (Å²) in [5, 5.41) is 8.28. The van der Waals surface area contributed by atoms with E-state index < -0.39 is 41.6 Å². The van der Waals surface area contributed by atoms with E-state index in [9.17, 15) is 23.6 Å². The van der Waals surface area contributed by atoms with Crippen LogP contribution in [-0.2, 0) is 19.1 Å². The van der Waals surface area contributed by atoms with Gasteiger partial charge in [-0.05, 0) is 43.4 Å². The van der Waals surface area contributed by atoms with Gasteiger partial charge in [-0.1, -0.05) is 19.9 Å². The molecule has 1 aromatic heterocycles. The molecule has 2 aromatic rings. The molecule has 3 amide bonds. The predicted molar refractivity (Wildman–Crippen MR) is 119 cm³/mol. The summed E-state index contributed by atoms with van der Waals surface area (Å²) in [6.45, 7) is 4.30. The Morgan fingerprint density at radius 2 is 1.97 bits per heavy atom. The lowest BCUT2D eigenvalue weighted by Gasteiger charge is -2.24. The lowest BCUT2D eigenvalue weighted by Crippen LogP contribution is -2.53. The molecule has 1 saturated heterocycles. The fraction of sp³-hybridized carbons (Fsp3) is 0.478. The summed E-state index contributed by atoms with van der Waals surface area (Å²) in [4.78, 5) is 52.9. The Kier molecular flexibility index (Phi) is 7.67. The highest BCUT2D eigenvalue weighted by atomic mass is 19.1. The van der Waals surface area contributed by atoms with Crippen molar-refractivity contribution in [3.05, 3.63) is 35.8 Å². The highest BCUT2D eigenvalue weighted by molar-refractivity contribution is 6.00. The molecule has 3 atom stereocenters. The number of hydrogen-bond acceptors (Lipinski definition) is 5. The number of H-pyrrole nitrogens is 1. The van der Waals surface area contributed by atoms with Crippen LogP contribution in [0.15, 0.2) is 24.3 Å². The second-order valence-electron chi connectivity index (χ2n) is 8.64. The van der Waals surface area contributed by atoms with Gasteiger partial charge in [0.15, 0.2) is 0 Å². The second-order valence-corrected chi connectivity index (χ2v) is 8.64. The number of ether oxygens (including phenoxy) is 1. The van der Waals surface area contributed by atoms with E-state index in [1.807, 2.05) is 13.8 Å². The Morgan fingerprint density at radius 1 is 1.21 bits per heavy atom. The maximum atomic E-state index is 14.0. The lowest BCUT2D eigenvalue weighted by atomic mass is 9.97. The van der Waals surface area contributed by atoms with Crippen molar-refractivity contribution in [2.24, 2.45) is 11.8 Å². The van der Waals surface area contributed by atoms with Crippen molar-refractivity contribution < 1.29 is 28.3 Å². The SMILES string of the molecule is COC(=O)C(CC1CCNC1=O)NC(=O)[C@H](CC(C)C)NC(=O)c1cc2c(F)cccc2[nH]1. The van der Waals surface area contributed by atoms with Crippen LogP contribution < -0.4 is 16.0 Å². The van der Waals surface area contributed by atoms with Gasteiger partial charge in [-0.2, -0.15) is 0 Å². The number of benzene rings is 1. The molecule has 3 rings (SSSR count). The summed E-state index contributed by atoms with van der Waals surface area (Å²) < 4.78 is 18.8. The standard InChI is InChI=1S/C23H29FN4O5/c1-12(2)9-17(27-22(31)18-11-14-15(24)5-4-6-16(14)26-18)21(30)28-19(23(32)33-3)10-13-7-8-25-20(13)29/h4-6,11-13,17,19,26H,7-10H2,1-3H3,(H,25,29)(H,27,31)(H,28,30)/t13?,17-,19?/m0/s1. The zero-order valence-electron chi connectivity index (χ0n) is 18.9. The van der Waals surface area contributed by atoms with Crippen molar-refractivity contribution in [3.8, 4) is 0 Å². The fourth-order valence-corrected chi connectivity index (χ4v) is 3.96. The number of amides is 3. The summed E-state index contributed by atoms with van der Waals surface area (Å²) >= 11 is 0. The molecule has 0 bridgehead atoms. The van der Waals surface area contributed by atoms with Gasteiger partial charge in [0.05, 0.1) is 7.11 Å². The van der Waals surface area contributed by atoms with E-state index >= 15 is 0 Å². The number of aromatic nitrogens is 1. The maximum Gasteiger partial charge on any atom is 0.328 e. The van der Waals surface area contributed by atoms with Crippen LogP contribution in [0.1, 0.15) is 43.6 Å². The fourth-order valence-electron chi connectivity index (χ4n) is 3.96. The molecule has 0 aliphatic carbocycles. The van der Waals surface area contributed by atoms with E-state index in [1.54, 1.807) is 6.07 Å². The Bertz CT molecular complexity index is 1050. The average molecular weight is 461 g/mol. The molecule has 1 fully saturated rings. The van der Waals surface area contributed by atoms with Crippen LogP contribution >= 0.6 is 0 Å². The number of fused-ring (bicyclic) bond motifs is 1. The molecule has 4 N–H and O–H groups in total. The van der Waals surface area contributed by atoms with Crippen molar-refractivity contribution in [2.45, 2.75) is 45.2 Å². The van der Waals surface area contributed by atoms with Gasteiger partial charge in [-0.15, -0.1) is 0 Å². The van der Waals surface area contributed by atoms with E-state index in [2.05, 4.69) is 20.9 Å². The van der Waals surface area contributed by atoms with Gasteiger partial charge in [0, 0.05) is 23.4 Å². The van der Waals surface area contributed by atoms with Crippen LogP contribution in [0.2, 0.25) is 0 Å². The predicted octanol–water partition coefficient (Wildman–Crippen LogP) is 1.64. The number of hydrogen-bond donors (Lipinski definition) is 4. The quantitative estimate of drug-likeness (QED) is 0.423. The molecule has 2 heterocycles. The molecule has 2 unspecified atom stereocenters. The lowest BCUT2D eigenvalue weighted by molar-refractivity contribution is -0.146. The minimum absolute atomic E-state index is 0.0541. The zero-order chi connectivity index (χ0) is 24.1. The molecule has 1 aliphatic heterocycles. The number of methoxy groups -OCH3 is 1. The summed E-state index contributed by atoms with van der Waals surface area (Å²) in [6.07, 6.45) is 0.975. The number of esters is 1. The molecule has 1 aliphatic rings. The highest BCUT2D eigenvalue weighted by Gasteiger charge is 2.34. The molecule has 10 heteroatoms. The van der Waals surface area contributed by atoms with E-state index in [1.165, 1.54) is 25.3 Å².